The van der Waals surface area contributed by atoms with Crippen LogP contribution in [0.1, 0.15) is 115 Å². The molecule has 210 valence electrons. The minimum absolute atomic E-state index is 0.0638. The van der Waals surface area contributed by atoms with Crippen molar-refractivity contribution in [1.29, 1.82) is 0 Å². The van der Waals surface area contributed by atoms with E-state index >= 15 is 0 Å². The molecule has 1 atom stereocenters. The Morgan fingerprint density at radius 2 is 1.32 bits per heavy atom. The zero-order valence-corrected chi connectivity index (χ0v) is 24.6. The predicted molar refractivity (Wildman–Crippen MR) is 162 cm³/mol. The van der Waals surface area contributed by atoms with Crippen LogP contribution in [0.25, 0.3) is 21.8 Å². The van der Waals surface area contributed by atoms with Gasteiger partial charge in [0.2, 0.25) is 0 Å². The number of aryl methyl sites for hydroxylation is 3. The third-order valence-corrected chi connectivity index (χ3v) is 10.2. The van der Waals surface area contributed by atoms with E-state index in [1.165, 1.54) is 90.7 Å². The molecular formula is C33H49NO3S. The number of nitrogens with zero attached hydrogens (tertiary/aromatic N) is 1. The number of fused-ring (bicyclic) bond motifs is 3. The highest BCUT2D eigenvalue weighted by Gasteiger charge is 2.33. The van der Waals surface area contributed by atoms with Gasteiger partial charge in [-0.3, -0.25) is 4.55 Å². The number of hydrogen-bond acceptors (Lipinski definition) is 2. The molecule has 1 aliphatic rings. The Hall–Kier alpha value is -1.85. The van der Waals surface area contributed by atoms with Crippen molar-refractivity contribution in [1.82, 2.24) is 4.57 Å². The van der Waals surface area contributed by atoms with Gasteiger partial charge in [-0.1, -0.05) is 108 Å². The maximum absolute atomic E-state index is 12.6. The fourth-order valence-electron chi connectivity index (χ4n) is 6.87. The Labute approximate surface area is 231 Å². The molecule has 1 heterocycles. The molecule has 3 aromatic rings. The summed E-state index contributed by atoms with van der Waals surface area (Å²) in [5.41, 5.74) is 5.29. The molecular weight excluding hydrogens is 490 g/mol. The average Bonchev–Trinajstić information content (AvgIpc) is 3.24. The van der Waals surface area contributed by atoms with Gasteiger partial charge in [-0.15, -0.1) is 0 Å². The van der Waals surface area contributed by atoms with E-state index in [2.05, 4.69) is 54.8 Å². The van der Waals surface area contributed by atoms with E-state index in [0.29, 0.717) is 13.0 Å². The third kappa shape index (κ3) is 7.01. The van der Waals surface area contributed by atoms with Crippen LogP contribution in [-0.2, 0) is 29.5 Å². The summed E-state index contributed by atoms with van der Waals surface area (Å²) in [4.78, 5) is 0. The minimum atomic E-state index is -4.10. The van der Waals surface area contributed by atoms with Crippen LogP contribution in [0.2, 0.25) is 0 Å². The molecule has 5 heteroatoms. The van der Waals surface area contributed by atoms with Gasteiger partial charge in [0.05, 0.1) is 16.3 Å². The average molecular weight is 540 g/mol. The monoisotopic (exact) mass is 539 g/mol. The lowest BCUT2D eigenvalue weighted by Gasteiger charge is -2.28. The molecule has 0 radical (unpaired) electrons. The topological polar surface area (TPSA) is 59.3 Å². The van der Waals surface area contributed by atoms with Gasteiger partial charge in [-0.2, -0.15) is 8.42 Å². The van der Waals surface area contributed by atoms with Crippen LogP contribution in [0.5, 0.6) is 0 Å². The standard InChI is InChI=1S/C33H49NO3S/c1-3-5-7-10-18-27-20-14-22-29-30-23-15-21-28(19-11-8-6-4-2)33(30)34(32(27)29)25-24-31(38(35,36)37)26-16-12-9-13-17-26/h14-15,20-23,26,31H,3-13,16-19,24-25H2,1-2H3,(H,35,36,37). The zero-order chi connectivity index (χ0) is 27.0. The summed E-state index contributed by atoms with van der Waals surface area (Å²) in [6.45, 7) is 5.12. The van der Waals surface area contributed by atoms with Crippen molar-refractivity contribution in [2.75, 3.05) is 0 Å². The van der Waals surface area contributed by atoms with Crippen molar-refractivity contribution in [3.05, 3.63) is 47.5 Å². The molecule has 0 spiro atoms. The van der Waals surface area contributed by atoms with Gasteiger partial charge in [0.15, 0.2) is 0 Å². The fraction of sp³-hybridized carbons (Fsp3) is 0.636. The molecule has 0 amide bonds. The highest BCUT2D eigenvalue weighted by atomic mass is 32.2. The number of unbranched alkanes of at least 4 members (excludes halogenated alkanes) is 6. The van der Waals surface area contributed by atoms with Gasteiger partial charge in [-0.05, 0) is 62.0 Å². The first-order chi connectivity index (χ1) is 18.5. The van der Waals surface area contributed by atoms with Gasteiger partial charge >= 0.3 is 0 Å². The van der Waals surface area contributed by atoms with Crippen molar-refractivity contribution in [2.24, 2.45) is 5.92 Å². The summed E-state index contributed by atoms with van der Waals surface area (Å²) in [6.07, 6.45) is 17.5. The molecule has 1 aliphatic carbocycles. The van der Waals surface area contributed by atoms with Gasteiger partial charge in [-0.25, -0.2) is 0 Å². The first-order valence-corrected chi connectivity index (χ1v) is 16.9. The lowest BCUT2D eigenvalue weighted by atomic mass is 9.85. The fourth-order valence-corrected chi connectivity index (χ4v) is 8.03. The molecule has 0 aliphatic heterocycles. The predicted octanol–water partition coefficient (Wildman–Crippen LogP) is 9.27. The quantitative estimate of drug-likeness (QED) is 0.155. The van der Waals surface area contributed by atoms with E-state index in [-0.39, 0.29) is 5.92 Å². The van der Waals surface area contributed by atoms with E-state index in [4.69, 9.17) is 0 Å². The first-order valence-electron chi connectivity index (χ1n) is 15.4. The number of para-hydroxylation sites is 2. The van der Waals surface area contributed by atoms with Crippen LogP contribution in [0, 0.1) is 5.92 Å². The van der Waals surface area contributed by atoms with Crippen LogP contribution in [0.4, 0.5) is 0 Å². The largest absolute Gasteiger partial charge is 0.340 e. The normalized spacial score (nSPS) is 16.0. The number of benzene rings is 2. The molecule has 1 fully saturated rings. The summed E-state index contributed by atoms with van der Waals surface area (Å²) < 4.78 is 37.9. The van der Waals surface area contributed by atoms with Crippen molar-refractivity contribution < 1.29 is 13.0 Å². The molecule has 0 bridgehead atoms. The Balaban J connectivity index is 1.76. The smallest absolute Gasteiger partial charge is 0.268 e. The molecule has 0 saturated heterocycles. The lowest BCUT2D eigenvalue weighted by Crippen LogP contribution is -2.32. The Kier molecular flexibility index (Phi) is 10.7. The van der Waals surface area contributed by atoms with Gasteiger partial charge in [0, 0.05) is 17.3 Å². The molecule has 4 nitrogen and oxygen atoms in total. The van der Waals surface area contributed by atoms with Gasteiger partial charge < -0.3 is 4.57 Å². The maximum Gasteiger partial charge on any atom is 0.268 e. The Morgan fingerprint density at radius 1 is 0.789 bits per heavy atom. The molecule has 38 heavy (non-hydrogen) atoms. The summed E-state index contributed by atoms with van der Waals surface area (Å²) in [6, 6.07) is 13.4. The van der Waals surface area contributed by atoms with Gasteiger partial charge in [0.1, 0.15) is 0 Å². The summed E-state index contributed by atoms with van der Waals surface area (Å²) in [5.74, 6) is 0.0638. The van der Waals surface area contributed by atoms with E-state index in [9.17, 15) is 13.0 Å². The molecule has 1 saturated carbocycles. The van der Waals surface area contributed by atoms with E-state index in [1.54, 1.807) is 0 Å². The summed E-state index contributed by atoms with van der Waals surface area (Å²) in [7, 11) is -4.10. The Morgan fingerprint density at radius 3 is 1.79 bits per heavy atom. The number of hydrogen-bond donors (Lipinski definition) is 1. The van der Waals surface area contributed by atoms with Crippen molar-refractivity contribution >= 4 is 31.9 Å². The van der Waals surface area contributed by atoms with Crippen LogP contribution in [0.15, 0.2) is 36.4 Å². The third-order valence-electron chi connectivity index (χ3n) is 8.86. The summed E-state index contributed by atoms with van der Waals surface area (Å²) >= 11 is 0. The van der Waals surface area contributed by atoms with Crippen molar-refractivity contribution in [2.45, 2.75) is 128 Å². The first kappa shape index (κ1) is 29.1. The molecule has 2 aromatic carbocycles. The van der Waals surface area contributed by atoms with E-state index in [0.717, 1.165) is 38.5 Å². The highest BCUT2D eigenvalue weighted by Crippen LogP contribution is 2.37. The van der Waals surface area contributed by atoms with Gasteiger partial charge in [0.25, 0.3) is 10.1 Å². The summed E-state index contributed by atoms with van der Waals surface area (Å²) in [5, 5.41) is 1.89. The van der Waals surface area contributed by atoms with E-state index in [1.807, 2.05) is 0 Å². The minimum Gasteiger partial charge on any atom is -0.340 e. The number of aromatic nitrogens is 1. The van der Waals surface area contributed by atoms with Crippen LogP contribution >= 0.6 is 0 Å². The molecule has 1 aromatic heterocycles. The lowest BCUT2D eigenvalue weighted by molar-refractivity contribution is 0.314. The van der Waals surface area contributed by atoms with Crippen molar-refractivity contribution in [3.8, 4) is 0 Å². The van der Waals surface area contributed by atoms with E-state index < -0.39 is 15.4 Å². The number of rotatable bonds is 15. The van der Waals surface area contributed by atoms with Crippen molar-refractivity contribution in [3.63, 3.8) is 0 Å². The zero-order valence-electron chi connectivity index (χ0n) is 23.8. The van der Waals surface area contributed by atoms with Crippen LogP contribution in [-0.4, -0.2) is 22.8 Å². The van der Waals surface area contributed by atoms with Crippen LogP contribution < -0.4 is 0 Å². The second-order valence-electron chi connectivity index (χ2n) is 11.6. The maximum atomic E-state index is 12.6. The molecule has 1 unspecified atom stereocenters. The Bertz CT molecular complexity index is 1200. The molecule has 4 rings (SSSR count). The highest BCUT2D eigenvalue weighted by molar-refractivity contribution is 7.86. The second-order valence-corrected chi connectivity index (χ2v) is 13.3. The molecule has 1 N–H and O–H groups in total. The second kappa shape index (κ2) is 14.0. The van der Waals surface area contributed by atoms with Crippen LogP contribution in [0.3, 0.4) is 0 Å². The SMILES string of the molecule is CCCCCCc1cccc2c3cccc(CCCCCC)c3n(CCC(C3CCCCC3)S(=O)(=O)O)c12.